The summed E-state index contributed by atoms with van der Waals surface area (Å²) in [5, 5.41) is 1.94. The molecule has 1 aliphatic rings. The Kier molecular flexibility index (Phi) is 6.69. The fraction of sp³-hybridized carbons (Fsp3) is 0.0833. The molecule has 0 aromatic heterocycles. The van der Waals surface area contributed by atoms with Crippen LogP contribution in [-0.4, -0.2) is 24.3 Å². The number of rotatable bonds is 4. The molecule has 8 nitrogen and oxygen atoms in total. The number of isocyanates is 4. The minimum atomic E-state index is -1.34. The molecule has 0 saturated heterocycles. The third-order valence-corrected chi connectivity index (χ3v) is 4.79. The lowest BCUT2D eigenvalue weighted by Crippen LogP contribution is -2.20. The molecule has 0 atom stereocenters. The van der Waals surface area contributed by atoms with E-state index in [1.165, 1.54) is 30.4 Å². The van der Waals surface area contributed by atoms with Gasteiger partial charge in [0, 0.05) is 5.56 Å². The number of carbonyl (C=O) groups excluding carboxylic acids is 4. The van der Waals surface area contributed by atoms with Crippen molar-refractivity contribution in [3.05, 3.63) is 77.4 Å². The van der Waals surface area contributed by atoms with E-state index >= 15 is 0 Å². The lowest BCUT2D eigenvalue weighted by atomic mass is 9.86. The maximum atomic E-state index is 10.7. The third-order valence-electron chi connectivity index (χ3n) is 4.79. The van der Waals surface area contributed by atoms with E-state index in [9.17, 15) is 19.2 Å². The number of nitrogens with zero attached hydrogens (tertiary/aromatic N) is 4. The second-order valence-electron chi connectivity index (χ2n) is 6.59. The smallest absolute Gasteiger partial charge is 0.211 e. The minimum Gasteiger partial charge on any atom is -0.211 e. The van der Waals surface area contributed by atoms with E-state index in [0.29, 0.717) is 16.9 Å². The highest BCUT2D eigenvalue weighted by atomic mass is 16.1. The van der Waals surface area contributed by atoms with Crippen LogP contribution in [-0.2, 0) is 24.8 Å². The van der Waals surface area contributed by atoms with Crippen LogP contribution in [0, 0.1) is 6.92 Å². The van der Waals surface area contributed by atoms with Crippen molar-refractivity contribution >= 4 is 52.5 Å². The van der Waals surface area contributed by atoms with Gasteiger partial charge in [0.1, 0.15) is 0 Å². The van der Waals surface area contributed by atoms with Crippen molar-refractivity contribution in [3.63, 3.8) is 0 Å². The predicted molar refractivity (Wildman–Crippen MR) is 118 cm³/mol. The second-order valence-corrected chi connectivity index (χ2v) is 6.59. The molecular formula is C24H14N4O4. The van der Waals surface area contributed by atoms with Gasteiger partial charge in [-0.2, -0.15) is 20.0 Å². The summed E-state index contributed by atoms with van der Waals surface area (Å²) in [6.07, 6.45) is 9.23. The zero-order valence-corrected chi connectivity index (χ0v) is 16.8. The molecule has 0 N–H and O–H groups in total. The van der Waals surface area contributed by atoms with Gasteiger partial charge in [-0.05, 0) is 47.0 Å². The van der Waals surface area contributed by atoms with Crippen LogP contribution in [0.15, 0.2) is 80.6 Å². The third kappa shape index (κ3) is 4.35. The number of benzene rings is 3. The Hall–Kier alpha value is -4.82. The molecule has 3 aromatic carbocycles. The van der Waals surface area contributed by atoms with Crippen molar-refractivity contribution in [1.82, 2.24) is 0 Å². The average Bonchev–Trinajstić information content (AvgIpc) is 2.80. The molecule has 0 bridgehead atoms. The molecule has 32 heavy (non-hydrogen) atoms. The molecule has 0 amide bonds. The summed E-state index contributed by atoms with van der Waals surface area (Å²) in [4.78, 5) is 55.5. The fourth-order valence-corrected chi connectivity index (χ4v) is 3.36. The summed E-state index contributed by atoms with van der Waals surface area (Å²) < 4.78 is 0. The SMILES string of the molecule is Cc1ccc(N=C=O)cc1N=C=O.O=C=NC1(N=C=O)C=Cc2cccc3cccc1c23. The quantitative estimate of drug-likeness (QED) is 0.450. The molecule has 0 spiro atoms. The van der Waals surface area contributed by atoms with Crippen molar-refractivity contribution in [2.45, 2.75) is 12.6 Å². The number of hydrogen-bond donors (Lipinski definition) is 0. The van der Waals surface area contributed by atoms with Gasteiger partial charge >= 0.3 is 0 Å². The van der Waals surface area contributed by atoms with Crippen LogP contribution in [0.3, 0.4) is 0 Å². The highest BCUT2D eigenvalue weighted by Crippen LogP contribution is 2.40. The second kappa shape index (κ2) is 9.79. The van der Waals surface area contributed by atoms with Crippen LogP contribution in [0.1, 0.15) is 16.7 Å². The van der Waals surface area contributed by atoms with Gasteiger partial charge in [-0.1, -0.05) is 48.5 Å². The molecular weight excluding hydrogens is 408 g/mol. The fourth-order valence-electron chi connectivity index (χ4n) is 3.36. The van der Waals surface area contributed by atoms with Crippen molar-refractivity contribution < 1.29 is 19.2 Å². The van der Waals surface area contributed by atoms with Gasteiger partial charge in [0.25, 0.3) is 0 Å². The molecule has 3 aromatic rings. The maximum Gasteiger partial charge on any atom is 0.240 e. The van der Waals surface area contributed by atoms with E-state index in [0.717, 1.165) is 21.9 Å². The number of aryl methyl sites for hydroxylation is 1. The van der Waals surface area contributed by atoms with E-state index in [1.807, 2.05) is 30.3 Å². The van der Waals surface area contributed by atoms with Crippen LogP contribution in [0.2, 0.25) is 0 Å². The van der Waals surface area contributed by atoms with Gasteiger partial charge in [0.2, 0.25) is 30.0 Å². The molecule has 0 fully saturated rings. The van der Waals surface area contributed by atoms with E-state index in [2.05, 4.69) is 20.0 Å². The van der Waals surface area contributed by atoms with Gasteiger partial charge < -0.3 is 0 Å². The molecule has 0 unspecified atom stereocenters. The molecule has 8 heteroatoms. The Morgan fingerprint density at radius 1 is 0.781 bits per heavy atom. The summed E-state index contributed by atoms with van der Waals surface area (Å²) in [5.74, 6) is 0. The summed E-state index contributed by atoms with van der Waals surface area (Å²) in [6, 6.07) is 16.4. The lowest BCUT2D eigenvalue weighted by Gasteiger charge is -2.25. The van der Waals surface area contributed by atoms with Gasteiger partial charge in [-0.15, -0.1) is 0 Å². The first kappa shape index (κ1) is 21.9. The number of aliphatic imine (C=N–C) groups is 4. The Morgan fingerprint density at radius 3 is 2.12 bits per heavy atom. The van der Waals surface area contributed by atoms with E-state index in [1.54, 1.807) is 37.3 Å². The molecule has 0 saturated carbocycles. The monoisotopic (exact) mass is 422 g/mol. The normalized spacial score (nSPS) is 15.0. The van der Waals surface area contributed by atoms with Gasteiger partial charge in [-0.3, -0.25) is 0 Å². The molecule has 1 aliphatic carbocycles. The average molecular weight is 422 g/mol. The Labute approximate surface area is 182 Å². The lowest BCUT2D eigenvalue weighted by molar-refractivity contribution is 0.527. The van der Waals surface area contributed by atoms with E-state index in [-0.39, 0.29) is 0 Å². The minimum absolute atomic E-state index is 0.426. The Morgan fingerprint density at radius 2 is 1.47 bits per heavy atom. The Bertz CT molecular complexity index is 1390. The topological polar surface area (TPSA) is 118 Å². The van der Waals surface area contributed by atoms with Gasteiger partial charge in [-0.25, -0.2) is 19.2 Å². The zero-order chi connectivity index (χ0) is 23.0. The number of hydrogen-bond acceptors (Lipinski definition) is 8. The standard InChI is InChI=1S/C15H8N2O2.C9H6N2O2/c18-9-16-15(17-10-19)8-7-12-4-1-3-11-5-2-6-13(15)14(11)12;1-7-2-3-8(10-5-12)4-9(7)11-6-13/h1-8H;2-4H,1H3. The Balaban J connectivity index is 0.000000195. The first-order valence-corrected chi connectivity index (χ1v) is 9.24. The summed E-state index contributed by atoms with van der Waals surface area (Å²) in [6.45, 7) is 1.80. The summed E-state index contributed by atoms with van der Waals surface area (Å²) in [7, 11) is 0. The maximum absolute atomic E-state index is 10.7. The molecule has 0 aliphatic heterocycles. The summed E-state index contributed by atoms with van der Waals surface area (Å²) in [5.41, 5.74) is 2.08. The van der Waals surface area contributed by atoms with Crippen molar-refractivity contribution in [2.75, 3.05) is 0 Å². The van der Waals surface area contributed by atoms with Crippen LogP contribution in [0.25, 0.3) is 16.8 Å². The molecule has 154 valence electrons. The van der Waals surface area contributed by atoms with Gasteiger partial charge in [0.05, 0.1) is 11.4 Å². The van der Waals surface area contributed by atoms with Crippen molar-refractivity contribution in [1.29, 1.82) is 0 Å². The molecule has 0 radical (unpaired) electrons. The zero-order valence-electron chi connectivity index (χ0n) is 16.8. The van der Waals surface area contributed by atoms with E-state index < -0.39 is 5.66 Å². The van der Waals surface area contributed by atoms with Gasteiger partial charge in [0.15, 0.2) is 0 Å². The van der Waals surface area contributed by atoms with Crippen molar-refractivity contribution in [3.8, 4) is 0 Å². The molecule has 4 rings (SSSR count). The first-order valence-electron chi connectivity index (χ1n) is 9.24. The summed E-state index contributed by atoms with van der Waals surface area (Å²) >= 11 is 0. The molecule has 0 heterocycles. The van der Waals surface area contributed by atoms with Crippen LogP contribution < -0.4 is 0 Å². The van der Waals surface area contributed by atoms with Crippen LogP contribution in [0.5, 0.6) is 0 Å². The first-order chi connectivity index (χ1) is 15.6. The highest BCUT2D eigenvalue weighted by Gasteiger charge is 2.33. The highest BCUT2D eigenvalue weighted by molar-refractivity contribution is 5.96. The van der Waals surface area contributed by atoms with Crippen LogP contribution >= 0.6 is 0 Å². The largest absolute Gasteiger partial charge is 0.240 e. The van der Waals surface area contributed by atoms with Crippen molar-refractivity contribution in [2.24, 2.45) is 20.0 Å². The predicted octanol–water partition coefficient (Wildman–Crippen LogP) is 4.62. The van der Waals surface area contributed by atoms with E-state index in [4.69, 9.17) is 0 Å². The van der Waals surface area contributed by atoms with Crippen LogP contribution in [0.4, 0.5) is 11.4 Å².